The lowest BCUT2D eigenvalue weighted by Crippen LogP contribution is -2.18. The first-order valence-corrected chi connectivity index (χ1v) is 14.1. The monoisotopic (exact) mass is 544 g/mol. The zero-order valence-corrected chi connectivity index (χ0v) is 21.2. The third-order valence-corrected chi connectivity index (χ3v) is 8.92. The van der Waals surface area contributed by atoms with Gasteiger partial charge in [0, 0.05) is 45.4 Å². The number of halogens is 2. The van der Waals surface area contributed by atoms with E-state index in [1.165, 1.54) is 28.9 Å². The molecule has 5 rings (SSSR count). The summed E-state index contributed by atoms with van der Waals surface area (Å²) >= 11 is 3.03. The minimum atomic E-state index is -3.84. The van der Waals surface area contributed by atoms with Crippen molar-refractivity contribution in [1.82, 2.24) is 15.0 Å². The zero-order valence-electron chi connectivity index (χ0n) is 18.7. The number of rotatable bonds is 8. The van der Waals surface area contributed by atoms with Gasteiger partial charge in [-0.15, -0.1) is 22.7 Å². The van der Waals surface area contributed by atoms with Crippen LogP contribution in [0.3, 0.4) is 0 Å². The molecule has 1 aromatic carbocycles. The summed E-state index contributed by atoms with van der Waals surface area (Å²) < 4.78 is 56.2. The predicted octanol–water partition coefficient (Wildman–Crippen LogP) is 6.08. The Hall–Kier alpha value is -3.48. The summed E-state index contributed by atoms with van der Waals surface area (Å²) in [7, 11) is -3.84. The van der Waals surface area contributed by atoms with E-state index in [0.29, 0.717) is 17.5 Å². The summed E-state index contributed by atoms with van der Waals surface area (Å²) in [5, 5.41) is 3.16. The molecule has 0 saturated carbocycles. The lowest BCUT2D eigenvalue weighted by molar-refractivity contribution is 0.103. The van der Waals surface area contributed by atoms with Crippen molar-refractivity contribution in [2.45, 2.75) is 13.3 Å². The number of nitrogens with one attached hydrogen (secondary N) is 2. The molecule has 0 aliphatic rings. The molecule has 0 fully saturated rings. The third-order valence-electron chi connectivity index (χ3n) is 5.37. The van der Waals surface area contributed by atoms with Crippen molar-refractivity contribution in [3.05, 3.63) is 77.1 Å². The number of benzene rings is 1. The molecule has 4 heterocycles. The molecule has 5 aromatic rings. The molecule has 7 nitrogen and oxygen atoms in total. The SMILES string of the molecule is CCCS(=O)(=O)Nc1ccc(F)c(C(=O)c2c[nH]c3ncc(-c4ccc(-c5nccs5)s4)cc23)c1F. The van der Waals surface area contributed by atoms with Crippen molar-refractivity contribution in [3.8, 4) is 20.3 Å². The highest BCUT2D eigenvalue weighted by atomic mass is 32.2. The summed E-state index contributed by atoms with van der Waals surface area (Å²) in [6.45, 7) is 1.66. The second kappa shape index (κ2) is 9.52. The molecule has 0 amide bonds. The number of aromatic amines is 1. The van der Waals surface area contributed by atoms with Crippen LogP contribution in [0, 0.1) is 11.6 Å². The van der Waals surface area contributed by atoms with Crippen LogP contribution in [-0.2, 0) is 10.0 Å². The Kier molecular flexibility index (Phi) is 6.41. The molecule has 36 heavy (non-hydrogen) atoms. The number of H-pyrrole nitrogens is 1. The first-order chi connectivity index (χ1) is 17.3. The Morgan fingerprint density at radius 3 is 2.69 bits per heavy atom. The second-order valence-corrected chi connectivity index (χ2v) is 11.7. The molecule has 0 aliphatic heterocycles. The van der Waals surface area contributed by atoms with Crippen LogP contribution >= 0.6 is 22.7 Å². The van der Waals surface area contributed by atoms with Gasteiger partial charge in [-0.2, -0.15) is 0 Å². The van der Waals surface area contributed by atoms with Crippen LogP contribution in [0.1, 0.15) is 29.3 Å². The van der Waals surface area contributed by atoms with Crippen LogP contribution in [0.15, 0.2) is 54.3 Å². The largest absolute Gasteiger partial charge is 0.345 e. The number of thiophene rings is 1. The number of hydrogen-bond donors (Lipinski definition) is 2. The van der Waals surface area contributed by atoms with Gasteiger partial charge in [-0.25, -0.2) is 27.2 Å². The van der Waals surface area contributed by atoms with E-state index in [9.17, 15) is 17.6 Å². The Bertz CT molecular complexity index is 1690. The van der Waals surface area contributed by atoms with E-state index < -0.39 is 38.7 Å². The number of sulfonamides is 1. The average molecular weight is 545 g/mol. The maximum absolute atomic E-state index is 15.2. The summed E-state index contributed by atoms with van der Waals surface area (Å²) in [4.78, 5) is 26.7. The summed E-state index contributed by atoms with van der Waals surface area (Å²) in [5.74, 6) is -3.54. The van der Waals surface area contributed by atoms with Crippen molar-refractivity contribution in [2.75, 3.05) is 10.5 Å². The van der Waals surface area contributed by atoms with Crippen molar-refractivity contribution in [1.29, 1.82) is 0 Å². The van der Waals surface area contributed by atoms with E-state index in [4.69, 9.17) is 0 Å². The van der Waals surface area contributed by atoms with Gasteiger partial charge in [0.05, 0.1) is 21.9 Å². The van der Waals surface area contributed by atoms with Gasteiger partial charge in [-0.3, -0.25) is 9.52 Å². The molecule has 2 N–H and O–H groups in total. The van der Waals surface area contributed by atoms with E-state index in [1.807, 2.05) is 17.5 Å². The Morgan fingerprint density at radius 1 is 1.14 bits per heavy atom. The fourth-order valence-corrected chi connectivity index (χ4v) is 6.58. The van der Waals surface area contributed by atoms with Crippen LogP contribution in [0.4, 0.5) is 14.5 Å². The van der Waals surface area contributed by atoms with E-state index in [1.54, 1.807) is 25.4 Å². The topological polar surface area (TPSA) is 105 Å². The highest BCUT2D eigenvalue weighted by Crippen LogP contribution is 2.36. The van der Waals surface area contributed by atoms with Crippen LogP contribution in [0.5, 0.6) is 0 Å². The van der Waals surface area contributed by atoms with Crippen LogP contribution in [0.25, 0.3) is 31.4 Å². The van der Waals surface area contributed by atoms with Gasteiger partial charge in [0.25, 0.3) is 0 Å². The number of nitrogens with zero attached hydrogens (tertiary/aromatic N) is 2. The number of pyridine rings is 1. The van der Waals surface area contributed by atoms with Gasteiger partial charge in [-0.1, -0.05) is 6.92 Å². The lowest BCUT2D eigenvalue weighted by Gasteiger charge is -2.11. The normalized spacial score (nSPS) is 11.8. The van der Waals surface area contributed by atoms with E-state index >= 15 is 4.39 Å². The van der Waals surface area contributed by atoms with Gasteiger partial charge in [0.2, 0.25) is 15.8 Å². The fraction of sp³-hybridized carbons (Fsp3) is 0.125. The smallest absolute Gasteiger partial charge is 0.232 e. The highest BCUT2D eigenvalue weighted by Gasteiger charge is 2.26. The first-order valence-electron chi connectivity index (χ1n) is 10.8. The first kappa shape index (κ1) is 24.2. The number of anilines is 1. The second-order valence-electron chi connectivity index (χ2n) is 7.86. The number of ketones is 1. The predicted molar refractivity (Wildman–Crippen MR) is 138 cm³/mol. The molecule has 0 atom stereocenters. The average Bonchev–Trinajstić information content (AvgIpc) is 3.60. The molecule has 0 spiro atoms. The Balaban J connectivity index is 1.53. The molecule has 12 heteroatoms. The number of fused-ring (bicyclic) bond motifs is 1. The maximum Gasteiger partial charge on any atom is 0.232 e. The minimum Gasteiger partial charge on any atom is -0.345 e. The van der Waals surface area contributed by atoms with Crippen molar-refractivity contribution in [2.24, 2.45) is 0 Å². The molecular formula is C24H18F2N4O3S3. The molecular weight excluding hydrogens is 526 g/mol. The van der Waals surface area contributed by atoms with Crippen molar-refractivity contribution < 1.29 is 22.0 Å². The Labute approximate surface area is 212 Å². The Morgan fingerprint density at radius 2 is 1.94 bits per heavy atom. The van der Waals surface area contributed by atoms with Gasteiger partial charge in [-0.05, 0) is 36.8 Å². The maximum atomic E-state index is 15.2. The van der Waals surface area contributed by atoms with E-state index in [0.717, 1.165) is 32.5 Å². The van der Waals surface area contributed by atoms with E-state index in [2.05, 4.69) is 19.7 Å². The minimum absolute atomic E-state index is 0.0161. The van der Waals surface area contributed by atoms with E-state index in [-0.39, 0.29) is 11.3 Å². The van der Waals surface area contributed by atoms with Crippen molar-refractivity contribution in [3.63, 3.8) is 0 Å². The van der Waals surface area contributed by atoms with Crippen molar-refractivity contribution >= 4 is 55.2 Å². The van der Waals surface area contributed by atoms with Gasteiger partial charge in [0.1, 0.15) is 16.5 Å². The summed E-state index contributed by atoms with van der Waals surface area (Å²) in [6, 6.07) is 7.42. The third kappa shape index (κ3) is 4.54. The number of thiazole rings is 1. The summed E-state index contributed by atoms with van der Waals surface area (Å²) in [6.07, 6.45) is 5.03. The van der Waals surface area contributed by atoms with Crippen LogP contribution in [0.2, 0.25) is 0 Å². The molecule has 0 radical (unpaired) electrons. The molecule has 0 saturated heterocycles. The zero-order chi connectivity index (χ0) is 25.4. The number of carbonyl (C=O) groups excluding carboxylic acids is 1. The van der Waals surface area contributed by atoms with Gasteiger partial charge in [0.15, 0.2) is 5.82 Å². The van der Waals surface area contributed by atoms with Gasteiger partial charge >= 0.3 is 0 Å². The highest BCUT2D eigenvalue weighted by molar-refractivity contribution is 7.92. The lowest BCUT2D eigenvalue weighted by atomic mass is 10.0. The summed E-state index contributed by atoms with van der Waals surface area (Å²) in [5.41, 5.74) is -0.215. The van der Waals surface area contributed by atoms with Crippen LogP contribution in [-0.4, -0.2) is 34.9 Å². The fourth-order valence-electron chi connectivity index (χ4n) is 3.74. The molecule has 184 valence electrons. The molecule has 0 bridgehead atoms. The number of carbonyl (C=O) groups is 1. The molecule has 0 unspecified atom stereocenters. The number of hydrogen-bond acceptors (Lipinski definition) is 7. The molecule has 0 aliphatic carbocycles. The molecule has 4 aromatic heterocycles. The quantitative estimate of drug-likeness (QED) is 0.231. The van der Waals surface area contributed by atoms with Gasteiger partial charge < -0.3 is 4.98 Å². The number of aromatic nitrogens is 3. The standard InChI is InChI=1S/C24H18F2N4O3S3/c1-2-9-36(32,33)30-17-4-3-16(25)20(21(17)26)22(31)15-12-29-23-14(15)10-13(11-28-23)18-5-6-19(35-18)24-27-7-8-34-24/h3-8,10-12,30H,2,9H2,1H3,(H,28,29). The van der Waals surface area contributed by atoms with Crippen LogP contribution < -0.4 is 4.72 Å².